The van der Waals surface area contributed by atoms with Gasteiger partial charge in [0.2, 0.25) is 11.8 Å². The molecule has 0 aliphatic carbocycles. The number of rotatable bonds is 13. The van der Waals surface area contributed by atoms with Crippen LogP contribution in [0.4, 0.5) is 9.59 Å². The van der Waals surface area contributed by atoms with E-state index in [9.17, 15) is 24.3 Å². The number of nitrogens with zero attached hydrogens (tertiary/aromatic N) is 5. The number of imidazole rings is 2. The minimum absolute atomic E-state index is 0.174. The molecule has 2 fully saturated rings. The topological polar surface area (TPSA) is 186 Å². The fourth-order valence-corrected chi connectivity index (χ4v) is 7.70. The second kappa shape index (κ2) is 17.2. The Hall–Kier alpha value is -5.70. The van der Waals surface area contributed by atoms with Crippen LogP contribution in [0.15, 0.2) is 60.9 Å². The van der Waals surface area contributed by atoms with E-state index in [1.165, 1.54) is 14.2 Å². The van der Waals surface area contributed by atoms with E-state index >= 15 is 0 Å². The van der Waals surface area contributed by atoms with Crippen LogP contribution < -0.4 is 5.32 Å². The van der Waals surface area contributed by atoms with Crippen LogP contribution in [-0.4, -0.2) is 117 Å². The Morgan fingerprint density at radius 1 is 0.818 bits per heavy atom. The zero-order valence-corrected chi connectivity index (χ0v) is 31.9. The summed E-state index contributed by atoms with van der Waals surface area (Å²) in [5.41, 5.74) is 5.67. The monoisotopic (exact) mass is 754 g/mol. The number of ether oxygens (including phenoxy) is 2. The van der Waals surface area contributed by atoms with E-state index in [1.807, 2.05) is 38.1 Å². The number of H-pyrrole nitrogens is 2. The maximum Gasteiger partial charge on any atom is 0.407 e. The van der Waals surface area contributed by atoms with E-state index < -0.39 is 24.3 Å². The standard InChI is InChI=1S/C40H50N8O7/c1-24(2)34(46(3)40(52)53)38(50)48-20-7-9-33(48)36-42-23-31(44-36)28-16-12-26(13-17-28)25-10-14-27(15-11-25)30-22-41-35(43-30)32-8-6-19-47(32)37(49)29(18-21-54-4)45-39(51)55-5/h10-17,22-24,29,32-34H,6-9,18-21H2,1-5H3,(H,41,43)(H,42,44)(H,45,51)(H,52,53)/t29-,32-,33-,34-/m0/s1. The third kappa shape index (κ3) is 8.51. The third-order valence-electron chi connectivity index (χ3n) is 10.6. The molecule has 4 N–H and O–H groups in total. The summed E-state index contributed by atoms with van der Waals surface area (Å²) in [6, 6.07) is 14.3. The van der Waals surface area contributed by atoms with Crippen molar-refractivity contribution in [2.45, 2.75) is 70.1 Å². The van der Waals surface area contributed by atoms with Gasteiger partial charge in [-0.05, 0) is 53.9 Å². The van der Waals surface area contributed by atoms with Crippen molar-refractivity contribution >= 4 is 24.0 Å². The molecule has 292 valence electrons. The molecular formula is C40H50N8O7. The molecule has 2 aromatic heterocycles. The van der Waals surface area contributed by atoms with Crippen molar-refractivity contribution in [1.29, 1.82) is 0 Å². The number of benzene rings is 2. The Morgan fingerprint density at radius 2 is 1.29 bits per heavy atom. The molecule has 0 saturated carbocycles. The van der Waals surface area contributed by atoms with Crippen molar-refractivity contribution in [3.05, 3.63) is 72.6 Å². The number of nitrogens with one attached hydrogen (secondary N) is 3. The van der Waals surface area contributed by atoms with Gasteiger partial charge in [-0.1, -0.05) is 62.4 Å². The number of carbonyl (C=O) groups is 4. The molecule has 15 heteroatoms. The number of carboxylic acid groups (broad SMARTS) is 1. The summed E-state index contributed by atoms with van der Waals surface area (Å²) in [5.74, 6) is 0.823. The van der Waals surface area contributed by atoms with Crippen LogP contribution in [0.2, 0.25) is 0 Å². The van der Waals surface area contributed by atoms with Gasteiger partial charge in [-0.25, -0.2) is 19.6 Å². The van der Waals surface area contributed by atoms with Crippen LogP contribution >= 0.6 is 0 Å². The number of aromatic nitrogens is 4. The maximum absolute atomic E-state index is 13.6. The lowest BCUT2D eigenvalue weighted by atomic mass is 10.0. The summed E-state index contributed by atoms with van der Waals surface area (Å²) in [6.07, 6.45) is 5.25. The second-order valence-corrected chi connectivity index (χ2v) is 14.5. The van der Waals surface area contributed by atoms with Gasteiger partial charge < -0.3 is 39.7 Å². The summed E-state index contributed by atoms with van der Waals surface area (Å²) in [6.45, 7) is 5.15. The molecule has 6 rings (SSSR count). The minimum atomic E-state index is -1.13. The van der Waals surface area contributed by atoms with Gasteiger partial charge in [0.1, 0.15) is 23.7 Å². The number of amides is 4. The molecule has 0 bridgehead atoms. The van der Waals surface area contributed by atoms with Gasteiger partial charge in [0, 0.05) is 40.3 Å². The molecule has 15 nitrogen and oxygen atoms in total. The number of aromatic amines is 2. The number of likely N-dealkylation sites (N-methyl/N-ethyl adjacent to an activating group) is 1. The van der Waals surface area contributed by atoms with Gasteiger partial charge in [0.25, 0.3) is 0 Å². The minimum Gasteiger partial charge on any atom is -0.465 e. The number of likely N-dealkylation sites (tertiary alicyclic amines) is 2. The fourth-order valence-electron chi connectivity index (χ4n) is 7.70. The van der Waals surface area contributed by atoms with E-state index in [1.54, 1.807) is 29.3 Å². The van der Waals surface area contributed by atoms with Crippen molar-refractivity contribution in [2.75, 3.05) is 41.0 Å². The Bertz CT molecular complexity index is 1960. The van der Waals surface area contributed by atoms with Crippen LogP contribution in [0.1, 0.15) is 69.7 Å². The first-order chi connectivity index (χ1) is 26.5. The number of methoxy groups -OCH3 is 2. The van der Waals surface area contributed by atoms with Gasteiger partial charge in [-0.3, -0.25) is 14.5 Å². The summed E-state index contributed by atoms with van der Waals surface area (Å²) in [4.78, 5) is 71.6. The first-order valence-electron chi connectivity index (χ1n) is 18.7. The van der Waals surface area contributed by atoms with E-state index in [2.05, 4.69) is 49.5 Å². The Labute approximate surface area is 320 Å². The highest BCUT2D eigenvalue weighted by molar-refractivity contribution is 5.87. The molecular weight excluding hydrogens is 704 g/mol. The second-order valence-electron chi connectivity index (χ2n) is 14.5. The molecule has 4 amide bonds. The molecule has 0 radical (unpaired) electrons. The quantitative estimate of drug-likeness (QED) is 0.130. The number of carbonyl (C=O) groups excluding carboxylic acids is 3. The summed E-state index contributed by atoms with van der Waals surface area (Å²) in [5, 5.41) is 12.2. The average molecular weight is 755 g/mol. The number of hydrogen-bond acceptors (Lipinski definition) is 8. The SMILES string of the molecule is COCC[C@H](NC(=O)OC)C(=O)N1CCC[C@H]1c1ncc(-c2ccc(-c3ccc(-c4cnc([C@@H]5CCCN5C(=O)[C@H](C(C)C)N(C)C(=O)O)[nH]4)cc3)cc2)[nH]1. The molecule has 4 heterocycles. The molecule has 4 aromatic rings. The van der Waals surface area contributed by atoms with Crippen molar-refractivity contribution in [3.8, 4) is 33.6 Å². The predicted molar refractivity (Wildman–Crippen MR) is 205 cm³/mol. The maximum atomic E-state index is 13.6. The van der Waals surface area contributed by atoms with Gasteiger partial charge in [0.15, 0.2) is 0 Å². The van der Waals surface area contributed by atoms with E-state index in [4.69, 9.17) is 9.47 Å². The van der Waals surface area contributed by atoms with Crippen molar-refractivity contribution in [1.82, 2.24) is 40.0 Å². The van der Waals surface area contributed by atoms with Crippen LogP contribution in [0.25, 0.3) is 33.6 Å². The van der Waals surface area contributed by atoms with Crippen molar-refractivity contribution < 1.29 is 33.8 Å². The zero-order chi connectivity index (χ0) is 39.2. The average Bonchev–Trinajstić information content (AvgIpc) is 4.03. The number of alkyl carbamates (subject to hydrolysis) is 1. The van der Waals surface area contributed by atoms with Crippen LogP contribution in [0.3, 0.4) is 0 Å². The lowest BCUT2D eigenvalue weighted by Gasteiger charge is -2.33. The van der Waals surface area contributed by atoms with E-state index in [0.717, 1.165) is 64.2 Å². The van der Waals surface area contributed by atoms with E-state index in [-0.39, 0.29) is 29.8 Å². The van der Waals surface area contributed by atoms with Gasteiger partial charge >= 0.3 is 12.2 Å². The molecule has 2 aliphatic heterocycles. The Kier molecular flexibility index (Phi) is 12.2. The molecule has 0 unspecified atom stereocenters. The van der Waals surface area contributed by atoms with Crippen molar-refractivity contribution in [2.24, 2.45) is 5.92 Å². The fraction of sp³-hybridized carbons (Fsp3) is 0.450. The predicted octanol–water partition coefficient (Wildman–Crippen LogP) is 5.86. The lowest BCUT2D eigenvalue weighted by Crippen LogP contribution is -2.51. The highest BCUT2D eigenvalue weighted by Crippen LogP contribution is 2.35. The van der Waals surface area contributed by atoms with Gasteiger partial charge in [-0.2, -0.15) is 0 Å². The number of hydrogen-bond donors (Lipinski definition) is 4. The Morgan fingerprint density at radius 3 is 1.73 bits per heavy atom. The van der Waals surface area contributed by atoms with E-state index in [0.29, 0.717) is 37.8 Å². The summed E-state index contributed by atoms with van der Waals surface area (Å²) in [7, 11) is 4.27. The first-order valence-corrected chi connectivity index (χ1v) is 18.7. The molecule has 4 atom stereocenters. The molecule has 55 heavy (non-hydrogen) atoms. The Balaban J connectivity index is 1.11. The van der Waals surface area contributed by atoms with Crippen molar-refractivity contribution in [3.63, 3.8) is 0 Å². The molecule has 2 aromatic carbocycles. The van der Waals surface area contributed by atoms with Gasteiger partial charge in [0.05, 0.1) is 43.0 Å². The third-order valence-corrected chi connectivity index (χ3v) is 10.6. The smallest absolute Gasteiger partial charge is 0.407 e. The van der Waals surface area contributed by atoms with Crippen LogP contribution in [0.5, 0.6) is 0 Å². The largest absolute Gasteiger partial charge is 0.465 e. The summed E-state index contributed by atoms with van der Waals surface area (Å²) < 4.78 is 9.90. The lowest BCUT2D eigenvalue weighted by molar-refractivity contribution is -0.138. The van der Waals surface area contributed by atoms with Gasteiger partial charge in [-0.15, -0.1) is 0 Å². The van der Waals surface area contributed by atoms with Crippen LogP contribution in [-0.2, 0) is 19.1 Å². The normalized spacial score (nSPS) is 18.0. The molecule has 2 aliphatic rings. The zero-order valence-electron chi connectivity index (χ0n) is 31.9. The first kappa shape index (κ1) is 39.0. The highest BCUT2D eigenvalue weighted by atomic mass is 16.5. The summed E-state index contributed by atoms with van der Waals surface area (Å²) >= 11 is 0. The molecule has 2 saturated heterocycles. The highest BCUT2D eigenvalue weighted by Gasteiger charge is 2.40. The molecule has 0 spiro atoms. The van der Waals surface area contributed by atoms with Crippen LogP contribution in [0, 0.1) is 5.92 Å².